The predicted molar refractivity (Wildman–Crippen MR) is 73.6 cm³/mol. The van der Waals surface area contributed by atoms with Gasteiger partial charge in [-0.3, -0.25) is 0 Å². The number of carbonyl (C=O) groups is 1. The Morgan fingerprint density at radius 3 is 2.44 bits per heavy atom. The van der Waals surface area contributed by atoms with Crippen LogP contribution in [0.25, 0.3) is 5.57 Å². The molecule has 0 atom stereocenters. The van der Waals surface area contributed by atoms with Crippen LogP contribution < -0.4 is 0 Å². The zero-order chi connectivity index (χ0) is 13.3. The number of hydrogen-bond acceptors (Lipinski definition) is 1. The summed E-state index contributed by atoms with van der Waals surface area (Å²) in [5.74, 6) is -0.798. The molecular formula is C15H17ClO2. The quantitative estimate of drug-likeness (QED) is 0.860. The Morgan fingerprint density at radius 1 is 1.28 bits per heavy atom. The number of hydrogen-bond donors (Lipinski definition) is 1. The lowest BCUT2D eigenvalue weighted by atomic mass is 9.73. The monoisotopic (exact) mass is 264 g/mol. The van der Waals surface area contributed by atoms with E-state index in [1.54, 1.807) is 0 Å². The van der Waals surface area contributed by atoms with Gasteiger partial charge in [0.05, 0.1) is 0 Å². The highest BCUT2D eigenvalue weighted by Gasteiger charge is 2.30. The minimum absolute atomic E-state index is 0.0731. The fourth-order valence-electron chi connectivity index (χ4n) is 2.46. The fraction of sp³-hybridized carbons (Fsp3) is 0.400. The first kappa shape index (κ1) is 13.2. The van der Waals surface area contributed by atoms with Crippen LogP contribution in [0, 0.1) is 5.41 Å². The lowest BCUT2D eigenvalue weighted by Gasteiger charge is -2.31. The van der Waals surface area contributed by atoms with Gasteiger partial charge in [0.25, 0.3) is 0 Å². The molecule has 96 valence electrons. The van der Waals surface area contributed by atoms with E-state index in [-0.39, 0.29) is 5.41 Å². The molecule has 0 bridgehead atoms. The topological polar surface area (TPSA) is 37.3 Å². The van der Waals surface area contributed by atoms with Crippen LogP contribution in [0.2, 0.25) is 5.02 Å². The molecule has 0 saturated carbocycles. The summed E-state index contributed by atoms with van der Waals surface area (Å²) in [4.78, 5) is 11.4. The number of halogens is 1. The van der Waals surface area contributed by atoms with Crippen molar-refractivity contribution in [3.8, 4) is 0 Å². The second kappa shape index (κ2) is 4.77. The Hall–Kier alpha value is -1.28. The molecule has 0 aliphatic heterocycles. The van der Waals surface area contributed by atoms with E-state index >= 15 is 0 Å². The summed E-state index contributed by atoms with van der Waals surface area (Å²) >= 11 is 5.86. The van der Waals surface area contributed by atoms with Crippen LogP contribution in [-0.4, -0.2) is 11.1 Å². The Bertz CT molecular complexity index is 498. The van der Waals surface area contributed by atoms with Crippen molar-refractivity contribution >= 4 is 23.1 Å². The van der Waals surface area contributed by atoms with E-state index in [4.69, 9.17) is 11.6 Å². The van der Waals surface area contributed by atoms with Gasteiger partial charge in [0, 0.05) is 10.6 Å². The van der Waals surface area contributed by atoms with E-state index < -0.39 is 5.97 Å². The van der Waals surface area contributed by atoms with Crippen LogP contribution in [0.5, 0.6) is 0 Å². The van der Waals surface area contributed by atoms with E-state index in [9.17, 15) is 9.90 Å². The van der Waals surface area contributed by atoms with Crippen molar-refractivity contribution in [2.75, 3.05) is 0 Å². The van der Waals surface area contributed by atoms with Gasteiger partial charge in [-0.2, -0.15) is 0 Å². The van der Waals surface area contributed by atoms with Gasteiger partial charge in [-0.15, -0.1) is 0 Å². The molecule has 0 saturated heterocycles. The molecule has 18 heavy (non-hydrogen) atoms. The lowest BCUT2D eigenvalue weighted by Crippen LogP contribution is -2.21. The van der Waals surface area contributed by atoms with Gasteiger partial charge in [0.15, 0.2) is 0 Å². The maximum Gasteiger partial charge on any atom is 0.331 e. The third kappa shape index (κ3) is 2.75. The molecule has 2 nitrogen and oxygen atoms in total. The highest BCUT2D eigenvalue weighted by Crippen LogP contribution is 2.42. The first-order chi connectivity index (χ1) is 8.39. The molecule has 1 N–H and O–H groups in total. The molecule has 0 aromatic heterocycles. The number of rotatable bonds is 2. The molecule has 1 aromatic rings. The summed E-state index contributed by atoms with van der Waals surface area (Å²) in [6.45, 7) is 4.24. The Balaban J connectivity index is 2.45. The van der Waals surface area contributed by atoms with Gasteiger partial charge in [0.1, 0.15) is 0 Å². The zero-order valence-electron chi connectivity index (χ0n) is 10.7. The first-order valence-electron chi connectivity index (χ1n) is 6.10. The van der Waals surface area contributed by atoms with Crippen molar-refractivity contribution in [1.29, 1.82) is 0 Å². The van der Waals surface area contributed by atoms with E-state index in [1.165, 1.54) is 0 Å². The highest BCUT2D eigenvalue weighted by atomic mass is 35.5. The third-order valence-corrected chi connectivity index (χ3v) is 3.77. The minimum Gasteiger partial charge on any atom is -0.478 e. The van der Waals surface area contributed by atoms with Gasteiger partial charge < -0.3 is 5.11 Å². The van der Waals surface area contributed by atoms with Crippen molar-refractivity contribution in [2.45, 2.75) is 33.1 Å². The summed E-state index contributed by atoms with van der Waals surface area (Å²) in [7, 11) is 0. The molecule has 0 heterocycles. The van der Waals surface area contributed by atoms with Gasteiger partial charge in [-0.25, -0.2) is 4.79 Å². The molecule has 1 aliphatic carbocycles. The third-order valence-electron chi connectivity index (χ3n) is 3.52. The van der Waals surface area contributed by atoms with Crippen molar-refractivity contribution in [2.24, 2.45) is 5.41 Å². The number of carboxylic acids is 1. The SMILES string of the molecule is CC1(C)CCC(c2ccc(Cl)cc2)=C(C(=O)O)C1. The maximum atomic E-state index is 11.4. The molecular weight excluding hydrogens is 248 g/mol. The molecule has 2 rings (SSSR count). The van der Waals surface area contributed by atoms with Gasteiger partial charge in [-0.1, -0.05) is 37.6 Å². The van der Waals surface area contributed by atoms with Crippen LogP contribution in [0.3, 0.4) is 0 Å². The average molecular weight is 265 g/mol. The largest absolute Gasteiger partial charge is 0.478 e. The molecule has 0 unspecified atom stereocenters. The number of allylic oxidation sites excluding steroid dienone is 1. The number of carboxylic acid groups (broad SMARTS) is 1. The zero-order valence-corrected chi connectivity index (χ0v) is 11.4. The van der Waals surface area contributed by atoms with Crippen LogP contribution >= 0.6 is 11.6 Å². The Morgan fingerprint density at radius 2 is 1.89 bits per heavy atom. The molecule has 3 heteroatoms. The molecule has 1 aromatic carbocycles. The summed E-state index contributed by atoms with van der Waals surface area (Å²) < 4.78 is 0. The van der Waals surface area contributed by atoms with E-state index in [2.05, 4.69) is 13.8 Å². The van der Waals surface area contributed by atoms with Crippen molar-refractivity contribution in [3.63, 3.8) is 0 Å². The Kier molecular flexibility index (Phi) is 3.49. The van der Waals surface area contributed by atoms with E-state index in [0.29, 0.717) is 17.0 Å². The van der Waals surface area contributed by atoms with Gasteiger partial charge in [0.2, 0.25) is 0 Å². The first-order valence-corrected chi connectivity index (χ1v) is 6.48. The van der Waals surface area contributed by atoms with Crippen LogP contribution in [0.15, 0.2) is 29.8 Å². The summed E-state index contributed by atoms with van der Waals surface area (Å²) in [5.41, 5.74) is 2.56. The second-order valence-electron chi connectivity index (χ2n) is 5.61. The lowest BCUT2D eigenvalue weighted by molar-refractivity contribution is -0.133. The van der Waals surface area contributed by atoms with Crippen LogP contribution in [-0.2, 0) is 4.79 Å². The Labute approximate surface area is 112 Å². The number of aliphatic carboxylic acids is 1. The molecule has 0 amide bonds. The van der Waals surface area contributed by atoms with Crippen LogP contribution in [0.4, 0.5) is 0 Å². The van der Waals surface area contributed by atoms with Crippen molar-refractivity contribution < 1.29 is 9.90 Å². The normalized spacial score (nSPS) is 18.8. The smallest absolute Gasteiger partial charge is 0.331 e. The summed E-state index contributed by atoms with van der Waals surface area (Å²) in [5, 5.41) is 10.0. The van der Waals surface area contributed by atoms with Crippen molar-refractivity contribution in [3.05, 3.63) is 40.4 Å². The summed E-state index contributed by atoms with van der Waals surface area (Å²) in [6, 6.07) is 7.42. The average Bonchev–Trinajstić information content (AvgIpc) is 2.29. The van der Waals surface area contributed by atoms with E-state index in [0.717, 1.165) is 24.0 Å². The standard InChI is InChI=1S/C15H17ClO2/c1-15(2)8-7-12(13(9-15)14(17)18)10-3-5-11(16)6-4-10/h3-6H,7-9H2,1-2H3,(H,17,18). The minimum atomic E-state index is -0.798. The maximum absolute atomic E-state index is 11.4. The van der Waals surface area contributed by atoms with Crippen molar-refractivity contribution in [1.82, 2.24) is 0 Å². The molecule has 0 spiro atoms. The molecule has 0 radical (unpaired) electrons. The predicted octanol–water partition coefficient (Wildman–Crippen LogP) is 4.39. The van der Waals surface area contributed by atoms with E-state index in [1.807, 2.05) is 24.3 Å². The van der Waals surface area contributed by atoms with Gasteiger partial charge >= 0.3 is 5.97 Å². The second-order valence-corrected chi connectivity index (χ2v) is 6.05. The molecule has 1 aliphatic rings. The number of benzene rings is 1. The van der Waals surface area contributed by atoms with Gasteiger partial charge in [-0.05, 0) is 47.9 Å². The molecule has 0 fully saturated rings. The summed E-state index contributed by atoms with van der Waals surface area (Å²) in [6.07, 6.45) is 2.46. The fourth-order valence-corrected chi connectivity index (χ4v) is 2.59. The highest BCUT2D eigenvalue weighted by molar-refractivity contribution is 6.30. The van der Waals surface area contributed by atoms with Crippen LogP contribution in [0.1, 0.15) is 38.7 Å².